The van der Waals surface area contributed by atoms with E-state index in [1.165, 1.54) is 6.07 Å². The lowest BCUT2D eigenvalue weighted by Crippen LogP contribution is -2.24. The van der Waals surface area contributed by atoms with Gasteiger partial charge in [-0.25, -0.2) is 13.1 Å². The second-order valence-electron chi connectivity index (χ2n) is 5.24. The van der Waals surface area contributed by atoms with Gasteiger partial charge in [0.25, 0.3) is 0 Å². The third-order valence-corrected chi connectivity index (χ3v) is 5.32. The summed E-state index contributed by atoms with van der Waals surface area (Å²) in [6.45, 7) is 2.08. The van der Waals surface area contributed by atoms with Crippen LogP contribution in [0.2, 0.25) is 5.02 Å². The van der Waals surface area contributed by atoms with Crippen molar-refractivity contribution in [3.8, 4) is 0 Å². The lowest BCUT2D eigenvalue weighted by Gasteiger charge is -2.10. The van der Waals surface area contributed by atoms with E-state index in [4.69, 9.17) is 11.6 Å². The van der Waals surface area contributed by atoms with Gasteiger partial charge in [0.1, 0.15) is 0 Å². The molecule has 23 heavy (non-hydrogen) atoms. The van der Waals surface area contributed by atoms with Crippen molar-refractivity contribution in [3.63, 3.8) is 0 Å². The molecule has 4 nitrogen and oxygen atoms in total. The molecule has 1 N–H and O–H groups in total. The second kappa shape index (κ2) is 6.28. The summed E-state index contributed by atoms with van der Waals surface area (Å²) in [5.41, 5.74) is 1.71. The van der Waals surface area contributed by atoms with Gasteiger partial charge in [0.05, 0.1) is 17.1 Å². The number of nitrogens with one attached hydrogen (secondary N) is 1. The number of benzene rings is 2. The molecule has 0 amide bonds. The molecule has 2 aromatic carbocycles. The third-order valence-electron chi connectivity index (χ3n) is 3.54. The minimum atomic E-state index is -3.66. The maximum Gasteiger partial charge on any atom is 0.241 e. The number of pyridine rings is 1. The van der Waals surface area contributed by atoms with Crippen LogP contribution >= 0.6 is 11.6 Å². The second-order valence-corrected chi connectivity index (χ2v) is 7.38. The summed E-state index contributed by atoms with van der Waals surface area (Å²) in [5, 5.41) is 1.84. The van der Waals surface area contributed by atoms with E-state index >= 15 is 0 Å². The van der Waals surface area contributed by atoms with Gasteiger partial charge in [-0.3, -0.25) is 4.98 Å². The number of fused-ring (bicyclic) bond motifs is 1. The third kappa shape index (κ3) is 3.37. The zero-order valence-electron chi connectivity index (χ0n) is 12.5. The van der Waals surface area contributed by atoms with Gasteiger partial charge in [0, 0.05) is 22.0 Å². The van der Waals surface area contributed by atoms with Crippen molar-refractivity contribution in [1.29, 1.82) is 0 Å². The quantitative estimate of drug-likeness (QED) is 0.784. The van der Waals surface area contributed by atoms with E-state index in [0.29, 0.717) is 21.5 Å². The van der Waals surface area contributed by atoms with Crippen LogP contribution in [0, 0.1) is 6.92 Å². The highest BCUT2D eigenvalue weighted by atomic mass is 35.5. The van der Waals surface area contributed by atoms with Gasteiger partial charge in [-0.15, -0.1) is 0 Å². The predicted octanol–water partition coefficient (Wildman–Crippen LogP) is 3.68. The summed E-state index contributed by atoms with van der Waals surface area (Å²) in [7, 11) is -3.66. The van der Waals surface area contributed by atoms with Gasteiger partial charge >= 0.3 is 0 Å². The molecule has 1 aromatic heterocycles. The van der Waals surface area contributed by atoms with Crippen molar-refractivity contribution in [2.24, 2.45) is 0 Å². The number of hydrogen-bond donors (Lipinski definition) is 1. The Morgan fingerprint density at radius 3 is 2.57 bits per heavy atom. The Morgan fingerprint density at radius 1 is 1.09 bits per heavy atom. The SMILES string of the molecule is Cc1ccnc(CNS(=O)(=O)c2ccc(Cl)c3ccccc23)c1. The van der Waals surface area contributed by atoms with Crippen molar-refractivity contribution in [2.45, 2.75) is 18.4 Å². The van der Waals surface area contributed by atoms with Crippen LogP contribution in [0.15, 0.2) is 59.6 Å². The smallest absolute Gasteiger partial charge is 0.241 e. The van der Waals surface area contributed by atoms with Crippen LogP contribution in [0.1, 0.15) is 11.3 Å². The highest BCUT2D eigenvalue weighted by Gasteiger charge is 2.18. The fourth-order valence-corrected chi connectivity index (χ4v) is 3.85. The average Bonchev–Trinajstić information content (AvgIpc) is 2.53. The fraction of sp³-hybridized carbons (Fsp3) is 0.118. The fourth-order valence-electron chi connectivity index (χ4n) is 2.41. The molecule has 0 saturated carbocycles. The van der Waals surface area contributed by atoms with E-state index in [9.17, 15) is 8.42 Å². The van der Waals surface area contributed by atoms with E-state index in [1.807, 2.05) is 25.1 Å². The Morgan fingerprint density at radius 2 is 1.83 bits per heavy atom. The number of sulfonamides is 1. The van der Waals surface area contributed by atoms with Crippen LogP contribution in [-0.4, -0.2) is 13.4 Å². The molecule has 0 unspecified atom stereocenters. The molecule has 0 aliphatic rings. The molecule has 118 valence electrons. The molecule has 0 saturated heterocycles. The average molecular weight is 347 g/mol. The van der Waals surface area contributed by atoms with Crippen LogP contribution in [-0.2, 0) is 16.6 Å². The van der Waals surface area contributed by atoms with Gasteiger partial charge in [-0.2, -0.15) is 0 Å². The van der Waals surface area contributed by atoms with Gasteiger partial charge in [-0.05, 0) is 36.8 Å². The Bertz CT molecular complexity index is 971. The molecule has 6 heteroatoms. The molecule has 0 atom stereocenters. The van der Waals surface area contributed by atoms with Gasteiger partial charge in [0.2, 0.25) is 10.0 Å². The Hall–Kier alpha value is -1.95. The summed E-state index contributed by atoms with van der Waals surface area (Å²) in [4.78, 5) is 4.38. The van der Waals surface area contributed by atoms with E-state index < -0.39 is 10.0 Å². The standard InChI is InChI=1S/C17H15ClN2O2S/c1-12-8-9-19-13(10-12)11-20-23(21,22)17-7-6-16(18)14-4-2-3-5-15(14)17/h2-10,20H,11H2,1H3. The van der Waals surface area contributed by atoms with Crippen molar-refractivity contribution < 1.29 is 8.42 Å². The lowest BCUT2D eigenvalue weighted by atomic mass is 10.1. The maximum absolute atomic E-state index is 12.6. The summed E-state index contributed by atoms with van der Waals surface area (Å²) in [6.07, 6.45) is 1.66. The topological polar surface area (TPSA) is 59.1 Å². The van der Waals surface area contributed by atoms with Crippen molar-refractivity contribution in [2.75, 3.05) is 0 Å². The number of aryl methyl sites for hydroxylation is 1. The minimum absolute atomic E-state index is 0.140. The maximum atomic E-state index is 12.6. The zero-order valence-corrected chi connectivity index (χ0v) is 14.0. The number of aromatic nitrogens is 1. The highest BCUT2D eigenvalue weighted by Crippen LogP contribution is 2.29. The molecule has 0 spiro atoms. The Kier molecular flexibility index (Phi) is 4.35. The summed E-state index contributed by atoms with van der Waals surface area (Å²) < 4.78 is 27.9. The molecule has 0 bridgehead atoms. The van der Waals surface area contributed by atoms with Crippen LogP contribution in [0.25, 0.3) is 10.8 Å². The molecule has 0 aliphatic carbocycles. The molecule has 3 rings (SSSR count). The Labute approximate surface area is 140 Å². The predicted molar refractivity (Wildman–Crippen MR) is 92.0 cm³/mol. The number of nitrogens with zero attached hydrogens (tertiary/aromatic N) is 1. The minimum Gasteiger partial charge on any atom is -0.260 e. The molecule has 0 aliphatic heterocycles. The normalized spacial score (nSPS) is 11.7. The van der Waals surface area contributed by atoms with Crippen LogP contribution in [0.3, 0.4) is 0 Å². The van der Waals surface area contributed by atoms with Crippen molar-refractivity contribution in [1.82, 2.24) is 9.71 Å². The number of halogens is 1. The highest BCUT2D eigenvalue weighted by molar-refractivity contribution is 7.89. The van der Waals surface area contributed by atoms with E-state index in [0.717, 1.165) is 5.56 Å². The zero-order chi connectivity index (χ0) is 16.4. The molecule has 1 heterocycles. The van der Waals surface area contributed by atoms with Gasteiger partial charge in [-0.1, -0.05) is 35.9 Å². The lowest BCUT2D eigenvalue weighted by molar-refractivity contribution is 0.581. The summed E-state index contributed by atoms with van der Waals surface area (Å²) in [5.74, 6) is 0. The molecule has 3 aromatic rings. The first-order chi connectivity index (χ1) is 11.0. The summed E-state index contributed by atoms with van der Waals surface area (Å²) in [6, 6.07) is 14.0. The first-order valence-electron chi connectivity index (χ1n) is 7.06. The largest absolute Gasteiger partial charge is 0.260 e. The Balaban J connectivity index is 1.96. The van der Waals surface area contributed by atoms with E-state index in [2.05, 4.69) is 9.71 Å². The molecular weight excluding hydrogens is 332 g/mol. The van der Waals surface area contributed by atoms with Crippen molar-refractivity contribution in [3.05, 3.63) is 71.0 Å². The monoisotopic (exact) mass is 346 g/mol. The van der Waals surface area contributed by atoms with Gasteiger partial charge < -0.3 is 0 Å². The first kappa shape index (κ1) is 15.9. The van der Waals surface area contributed by atoms with E-state index in [1.54, 1.807) is 30.5 Å². The van der Waals surface area contributed by atoms with Crippen LogP contribution in [0.4, 0.5) is 0 Å². The van der Waals surface area contributed by atoms with Crippen LogP contribution in [0.5, 0.6) is 0 Å². The van der Waals surface area contributed by atoms with Crippen LogP contribution < -0.4 is 4.72 Å². The number of hydrogen-bond acceptors (Lipinski definition) is 3. The van der Waals surface area contributed by atoms with Gasteiger partial charge in [0.15, 0.2) is 0 Å². The first-order valence-corrected chi connectivity index (χ1v) is 8.92. The summed E-state index contributed by atoms with van der Waals surface area (Å²) >= 11 is 6.14. The van der Waals surface area contributed by atoms with E-state index in [-0.39, 0.29) is 11.4 Å². The molecular formula is C17H15ClN2O2S. The molecule has 0 fully saturated rings. The van der Waals surface area contributed by atoms with Crippen molar-refractivity contribution >= 4 is 32.4 Å². The molecule has 0 radical (unpaired) electrons. The number of rotatable bonds is 4.